The maximum Gasteiger partial charge on any atom is -0.0155 e. The first-order valence-electron chi connectivity index (χ1n) is 5.22. The van der Waals surface area contributed by atoms with Crippen LogP contribution in [0.2, 0.25) is 0 Å². The van der Waals surface area contributed by atoms with Crippen LogP contribution in [0.5, 0.6) is 0 Å². The highest BCUT2D eigenvalue weighted by Gasteiger charge is 2.04. The fourth-order valence-electron chi connectivity index (χ4n) is 1.74. The van der Waals surface area contributed by atoms with Gasteiger partial charge in [0.25, 0.3) is 0 Å². The Morgan fingerprint density at radius 1 is 1.27 bits per heavy atom. The van der Waals surface area contributed by atoms with Crippen LogP contribution in [-0.2, 0) is 0 Å². The van der Waals surface area contributed by atoms with Crippen molar-refractivity contribution in [3.8, 4) is 0 Å². The quantitative estimate of drug-likeness (QED) is 0.626. The molecule has 1 aromatic rings. The maximum absolute atomic E-state index is 3.73. The second-order valence-electron chi connectivity index (χ2n) is 3.60. The van der Waals surface area contributed by atoms with Gasteiger partial charge in [0.15, 0.2) is 0 Å². The molecule has 1 rings (SSSR count). The zero-order chi connectivity index (χ0) is 11.3. The van der Waals surface area contributed by atoms with Gasteiger partial charge in [-0.15, -0.1) is 0 Å². The Kier molecular flexibility index (Phi) is 4.11. The Labute approximate surface area is 92.6 Å². The first-order chi connectivity index (χ1) is 7.20. The van der Waals surface area contributed by atoms with Crippen molar-refractivity contribution in [1.82, 2.24) is 0 Å². The average Bonchev–Trinajstić information content (AvgIpc) is 2.22. The van der Waals surface area contributed by atoms with Crippen molar-refractivity contribution in [3.05, 3.63) is 65.8 Å². The molecule has 0 heteroatoms. The van der Waals surface area contributed by atoms with Gasteiger partial charge in [0.2, 0.25) is 0 Å². The molecule has 0 atom stereocenters. The summed E-state index contributed by atoms with van der Waals surface area (Å²) in [6, 6.07) is 8.44. The summed E-state index contributed by atoms with van der Waals surface area (Å²) in [5.74, 6) is 0. The van der Waals surface area contributed by atoms with Crippen molar-refractivity contribution in [1.29, 1.82) is 0 Å². The first-order valence-corrected chi connectivity index (χ1v) is 5.22. The highest BCUT2D eigenvalue weighted by atomic mass is 14.1. The smallest absolute Gasteiger partial charge is 0.0155 e. The molecule has 0 heterocycles. The predicted octanol–water partition coefficient (Wildman–Crippen LogP) is 4.53. The van der Waals surface area contributed by atoms with Crippen LogP contribution in [0.1, 0.15) is 25.0 Å². The molecule has 0 aliphatic heterocycles. The van der Waals surface area contributed by atoms with E-state index in [9.17, 15) is 0 Å². The summed E-state index contributed by atoms with van der Waals surface area (Å²) in [6.45, 7) is 10.1. The second kappa shape index (κ2) is 5.35. The second-order valence-corrected chi connectivity index (χ2v) is 3.60. The van der Waals surface area contributed by atoms with E-state index in [-0.39, 0.29) is 0 Å². The minimum atomic E-state index is 1.25. The van der Waals surface area contributed by atoms with E-state index in [0.717, 1.165) is 0 Å². The molecule has 1 aromatic carbocycles. The number of hydrogen-bond donors (Lipinski definition) is 0. The topological polar surface area (TPSA) is 0 Å². The van der Waals surface area contributed by atoms with E-state index in [1.54, 1.807) is 0 Å². The van der Waals surface area contributed by atoms with Crippen LogP contribution < -0.4 is 0 Å². The number of rotatable bonds is 3. The molecule has 0 amide bonds. The van der Waals surface area contributed by atoms with E-state index in [0.29, 0.717) is 0 Å². The summed E-state index contributed by atoms with van der Waals surface area (Å²) in [5, 5.41) is 0. The molecule has 0 aliphatic rings. The van der Waals surface area contributed by atoms with Crippen molar-refractivity contribution in [2.45, 2.75) is 20.8 Å². The lowest BCUT2D eigenvalue weighted by Crippen LogP contribution is -1.89. The van der Waals surface area contributed by atoms with E-state index in [4.69, 9.17) is 0 Å². The Hall–Kier alpha value is -1.56. The van der Waals surface area contributed by atoms with Crippen molar-refractivity contribution in [3.63, 3.8) is 0 Å². The van der Waals surface area contributed by atoms with Gasteiger partial charge < -0.3 is 0 Å². The molecule has 0 saturated carbocycles. The van der Waals surface area contributed by atoms with E-state index in [2.05, 4.69) is 57.7 Å². The largest absolute Gasteiger partial charge is 0.0991 e. The summed E-state index contributed by atoms with van der Waals surface area (Å²) < 4.78 is 0. The van der Waals surface area contributed by atoms with Gasteiger partial charge in [-0.25, -0.2) is 0 Å². The Balaban J connectivity index is 3.21. The third-order valence-corrected chi connectivity index (χ3v) is 2.52. The SMILES string of the molecule is C=C/C=C(C)/C(=C/C)c1ccccc1C. The zero-order valence-corrected chi connectivity index (χ0v) is 9.75. The Morgan fingerprint density at radius 3 is 2.47 bits per heavy atom. The number of hydrogen-bond acceptors (Lipinski definition) is 0. The van der Waals surface area contributed by atoms with Crippen LogP contribution >= 0.6 is 0 Å². The lowest BCUT2D eigenvalue weighted by Gasteiger charge is -2.10. The van der Waals surface area contributed by atoms with Gasteiger partial charge in [0, 0.05) is 0 Å². The van der Waals surface area contributed by atoms with E-state index < -0.39 is 0 Å². The molecule has 0 fully saturated rings. The van der Waals surface area contributed by atoms with Gasteiger partial charge in [0.1, 0.15) is 0 Å². The molecule has 0 bridgehead atoms. The molecule has 0 N–H and O–H groups in total. The number of allylic oxidation sites excluding steroid dienone is 5. The summed E-state index contributed by atoms with van der Waals surface area (Å²) in [7, 11) is 0. The third-order valence-electron chi connectivity index (χ3n) is 2.52. The summed E-state index contributed by atoms with van der Waals surface area (Å²) in [4.78, 5) is 0. The Bertz CT molecular complexity index is 406. The Morgan fingerprint density at radius 2 is 1.93 bits per heavy atom. The molecule has 78 valence electrons. The molecule has 15 heavy (non-hydrogen) atoms. The third kappa shape index (κ3) is 2.69. The van der Waals surface area contributed by atoms with Crippen LogP contribution in [0.25, 0.3) is 5.57 Å². The van der Waals surface area contributed by atoms with Gasteiger partial charge in [-0.3, -0.25) is 0 Å². The lowest BCUT2D eigenvalue weighted by molar-refractivity contribution is 1.39. The van der Waals surface area contributed by atoms with Gasteiger partial charge in [0.05, 0.1) is 0 Å². The van der Waals surface area contributed by atoms with Crippen molar-refractivity contribution < 1.29 is 0 Å². The summed E-state index contributed by atoms with van der Waals surface area (Å²) >= 11 is 0. The van der Waals surface area contributed by atoms with E-state index >= 15 is 0 Å². The molecule has 0 nitrogen and oxygen atoms in total. The van der Waals surface area contributed by atoms with Gasteiger partial charge in [-0.1, -0.05) is 49.1 Å². The zero-order valence-electron chi connectivity index (χ0n) is 9.75. The monoisotopic (exact) mass is 198 g/mol. The standard InChI is InChI=1S/C15H18/c1-5-9-12(3)14(6-2)15-11-8-7-10-13(15)4/h5-11H,1H2,2-4H3/b12-9+,14-6-. The number of aryl methyl sites for hydroxylation is 1. The van der Waals surface area contributed by atoms with E-state index in [1.807, 2.05) is 12.2 Å². The normalized spacial score (nSPS) is 12.7. The summed E-state index contributed by atoms with van der Waals surface area (Å²) in [5.41, 5.74) is 5.15. The highest BCUT2D eigenvalue weighted by molar-refractivity contribution is 5.80. The van der Waals surface area contributed by atoms with Crippen LogP contribution in [0, 0.1) is 6.92 Å². The average molecular weight is 198 g/mol. The predicted molar refractivity (Wildman–Crippen MR) is 68.8 cm³/mol. The van der Waals surface area contributed by atoms with Gasteiger partial charge in [-0.2, -0.15) is 0 Å². The molecular weight excluding hydrogens is 180 g/mol. The molecule has 0 aliphatic carbocycles. The molecule has 0 unspecified atom stereocenters. The van der Waals surface area contributed by atoms with Crippen LogP contribution in [0.3, 0.4) is 0 Å². The molecule has 0 radical (unpaired) electrons. The van der Waals surface area contributed by atoms with Crippen LogP contribution in [-0.4, -0.2) is 0 Å². The fraction of sp³-hybridized carbons (Fsp3) is 0.200. The van der Waals surface area contributed by atoms with Crippen LogP contribution in [0.4, 0.5) is 0 Å². The lowest BCUT2D eigenvalue weighted by atomic mass is 9.95. The minimum Gasteiger partial charge on any atom is -0.0991 e. The highest BCUT2D eigenvalue weighted by Crippen LogP contribution is 2.25. The fourth-order valence-corrected chi connectivity index (χ4v) is 1.74. The van der Waals surface area contributed by atoms with Gasteiger partial charge in [-0.05, 0) is 43.0 Å². The molecular formula is C15H18. The van der Waals surface area contributed by atoms with Crippen molar-refractivity contribution in [2.24, 2.45) is 0 Å². The summed E-state index contributed by atoms with van der Waals surface area (Å²) in [6.07, 6.45) is 6.02. The van der Waals surface area contributed by atoms with Crippen molar-refractivity contribution >= 4 is 5.57 Å². The molecule has 0 spiro atoms. The molecule has 0 saturated heterocycles. The maximum atomic E-state index is 3.73. The van der Waals surface area contributed by atoms with Crippen molar-refractivity contribution in [2.75, 3.05) is 0 Å². The van der Waals surface area contributed by atoms with Gasteiger partial charge >= 0.3 is 0 Å². The number of benzene rings is 1. The van der Waals surface area contributed by atoms with E-state index in [1.165, 1.54) is 22.3 Å². The minimum absolute atomic E-state index is 1.25. The van der Waals surface area contributed by atoms with Crippen LogP contribution in [0.15, 0.2) is 54.6 Å². The molecule has 0 aromatic heterocycles. The first kappa shape index (κ1) is 11.5.